The van der Waals surface area contributed by atoms with Gasteiger partial charge in [-0.3, -0.25) is 0 Å². The van der Waals surface area contributed by atoms with Crippen LogP contribution in [0.1, 0.15) is 19.3 Å². The minimum atomic E-state index is -0.500. The fraction of sp³-hybridized carbons (Fsp3) is 0.462. The van der Waals surface area contributed by atoms with Crippen molar-refractivity contribution < 1.29 is 4.39 Å². The second-order valence-corrected chi connectivity index (χ2v) is 4.41. The number of piperidine rings is 1. The van der Waals surface area contributed by atoms with Crippen molar-refractivity contribution in [3.8, 4) is 6.07 Å². The largest absolute Gasteiger partial charge is 0.370 e. The normalized spacial score (nSPS) is 23.1. The molecule has 0 saturated carbocycles. The van der Waals surface area contributed by atoms with Crippen LogP contribution >= 0.6 is 0 Å². The first kappa shape index (κ1) is 11.9. The summed E-state index contributed by atoms with van der Waals surface area (Å²) in [6.45, 7) is 1.68. The summed E-state index contributed by atoms with van der Waals surface area (Å²) in [4.78, 5) is 0. The van der Waals surface area contributed by atoms with E-state index in [9.17, 15) is 9.65 Å². The van der Waals surface area contributed by atoms with Gasteiger partial charge in [0.2, 0.25) is 0 Å². The first-order valence-electron chi connectivity index (χ1n) is 5.87. The Bertz CT molecular complexity index is 406. The first-order chi connectivity index (χ1) is 8.24. The van der Waals surface area contributed by atoms with Gasteiger partial charge < -0.3 is 10.6 Å². The van der Waals surface area contributed by atoms with Crippen LogP contribution in [0.4, 0.5) is 4.39 Å². The highest BCUT2D eigenvalue weighted by Crippen LogP contribution is 2.21. The molecule has 17 heavy (non-hydrogen) atoms. The summed E-state index contributed by atoms with van der Waals surface area (Å²) in [6.07, 6.45) is 8.52. The van der Waals surface area contributed by atoms with Crippen LogP contribution in [0.15, 0.2) is 35.8 Å². The van der Waals surface area contributed by atoms with Crippen LogP contribution in [0.3, 0.4) is 0 Å². The van der Waals surface area contributed by atoms with Crippen molar-refractivity contribution in [2.24, 2.45) is 0 Å². The third kappa shape index (κ3) is 2.95. The van der Waals surface area contributed by atoms with Crippen molar-refractivity contribution in [2.45, 2.75) is 24.8 Å². The number of nitriles is 1. The number of nitrogens with one attached hydrogen (secondary N) is 2. The summed E-state index contributed by atoms with van der Waals surface area (Å²) in [6, 6.07) is 2.37. The molecule has 90 valence electrons. The Morgan fingerprint density at radius 1 is 1.41 bits per heavy atom. The van der Waals surface area contributed by atoms with Crippen molar-refractivity contribution in [3.63, 3.8) is 0 Å². The topological polar surface area (TPSA) is 47.9 Å². The number of halogens is 1. The number of hydrogen-bond acceptors (Lipinski definition) is 3. The molecule has 0 amide bonds. The molecule has 2 rings (SSSR count). The van der Waals surface area contributed by atoms with Gasteiger partial charge in [0.05, 0.1) is 6.07 Å². The van der Waals surface area contributed by atoms with Gasteiger partial charge in [0.1, 0.15) is 11.4 Å². The molecule has 2 aliphatic rings. The van der Waals surface area contributed by atoms with Crippen molar-refractivity contribution in [2.75, 3.05) is 13.1 Å². The monoisotopic (exact) mass is 233 g/mol. The van der Waals surface area contributed by atoms with Gasteiger partial charge in [-0.2, -0.15) is 5.26 Å². The van der Waals surface area contributed by atoms with Crippen LogP contribution in [0.2, 0.25) is 0 Å². The fourth-order valence-corrected chi connectivity index (χ4v) is 2.12. The van der Waals surface area contributed by atoms with E-state index >= 15 is 0 Å². The van der Waals surface area contributed by atoms with Gasteiger partial charge in [-0.1, -0.05) is 6.08 Å². The van der Waals surface area contributed by atoms with E-state index in [1.54, 1.807) is 6.08 Å². The van der Waals surface area contributed by atoms with Crippen molar-refractivity contribution in [3.05, 3.63) is 35.8 Å². The maximum absolute atomic E-state index is 13.0. The first-order valence-corrected chi connectivity index (χ1v) is 5.87. The molecule has 0 aromatic carbocycles. The smallest absolute Gasteiger partial charge is 0.127 e. The lowest BCUT2D eigenvalue weighted by atomic mass is 9.89. The molecule has 1 aliphatic carbocycles. The average molecular weight is 233 g/mol. The van der Waals surface area contributed by atoms with Crippen LogP contribution in [-0.2, 0) is 0 Å². The molecule has 0 aromatic heterocycles. The second kappa shape index (κ2) is 5.15. The molecule has 3 nitrogen and oxygen atoms in total. The molecular formula is C13H16FN3. The minimum Gasteiger partial charge on any atom is -0.370 e. The Kier molecular flexibility index (Phi) is 3.60. The predicted octanol–water partition coefficient (Wildman–Crippen LogP) is 1.92. The molecule has 0 bridgehead atoms. The average Bonchev–Trinajstić information content (AvgIpc) is 2.56. The standard InChI is InChI=1S/C13H16FN3/c14-11-2-1-3-12(5-4-11)17-13(10-15)6-8-16-9-7-13/h1-4,16-17H,5-9H2. The van der Waals surface area contributed by atoms with E-state index in [0.29, 0.717) is 6.42 Å². The summed E-state index contributed by atoms with van der Waals surface area (Å²) >= 11 is 0. The summed E-state index contributed by atoms with van der Waals surface area (Å²) < 4.78 is 13.0. The highest BCUT2D eigenvalue weighted by atomic mass is 19.1. The highest BCUT2D eigenvalue weighted by molar-refractivity contribution is 5.28. The van der Waals surface area contributed by atoms with Crippen molar-refractivity contribution in [1.82, 2.24) is 10.6 Å². The maximum atomic E-state index is 13.0. The molecule has 0 atom stereocenters. The Labute approximate surface area is 101 Å². The molecule has 4 heteroatoms. The molecule has 0 radical (unpaired) electrons. The Morgan fingerprint density at radius 2 is 2.18 bits per heavy atom. The molecular weight excluding hydrogens is 217 g/mol. The van der Waals surface area contributed by atoms with Gasteiger partial charge in [0.25, 0.3) is 0 Å². The Morgan fingerprint density at radius 3 is 2.88 bits per heavy atom. The van der Waals surface area contributed by atoms with Crippen LogP contribution in [0.5, 0.6) is 0 Å². The molecule has 1 heterocycles. The van der Waals surface area contributed by atoms with E-state index in [0.717, 1.165) is 31.6 Å². The fourth-order valence-electron chi connectivity index (χ4n) is 2.12. The van der Waals surface area contributed by atoms with E-state index in [-0.39, 0.29) is 5.83 Å². The SMILES string of the molecule is N#CC1(NC2=CC=CC(F)=CC2)CCNCC1. The zero-order valence-corrected chi connectivity index (χ0v) is 9.67. The molecule has 1 saturated heterocycles. The predicted molar refractivity (Wildman–Crippen MR) is 64.6 cm³/mol. The van der Waals surface area contributed by atoms with E-state index in [4.69, 9.17) is 0 Å². The van der Waals surface area contributed by atoms with E-state index in [2.05, 4.69) is 16.7 Å². The molecule has 1 aliphatic heterocycles. The molecule has 2 N–H and O–H groups in total. The van der Waals surface area contributed by atoms with Crippen LogP contribution < -0.4 is 10.6 Å². The quantitative estimate of drug-likeness (QED) is 0.766. The zero-order chi connectivity index (χ0) is 12.1. The van der Waals surface area contributed by atoms with Gasteiger partial charge in [-0.25, -0.2) is 4.39 Å². The summed E-state index contributed by atoms with van der Waals surface area (Å²) in [5.74, 6) is -0.227. The van der Waals surface area contributed by atoms with Gasteiger partial charge in [-0.05, 0) is 44.2 Å². The highest BCUT2D eigenvalue weighted by Gasteiger charge is 2.32. The minimum absolute atomic E-state index is 0.227. The Balaban J connectivity index is 2.07. The van der Waals surface area contributed by atoms with Crippen molar-refractivity contribution in [1.29, 1.82) is 5.26 Å². The molecule has 0 spiro atoms. The zero-order valence-electron chi connectivity index (χ0n) is 9.67. The van der Waals surface area contributed by atoms with Gasteiger partial charge in [0, 0.05) is 12.1 Å². The van der Waals surface area contributed by atoms with Gasteiger partial charge in [-0.15, -0.1) is 0 Å². The summed E-state index contributed by atoms with van der Waals surface area (Å²) in [5.41, 5.74) is 0.400. The second-order valence-electron chi connectivity index (χ2n) is 4.41. The Hall–Kier alpha value is -1.60. The number of nitrogens with zero attached hydrogens (tertiary/aromatic N) is 1. The van der Waals surface area contributed by atoms with Crippen LogP contribution in [0.25, 0.3) is 0 Å². The number of rotatable bonds is 2. The van der Waals surface area contributed by atoms with Gasteiger partial charge >= 0.3 is 0 Å². The lowest BCUT2D eigenvalue weighted by Crippen LogP contribution is -2.50. The lowest BCUT2D eigenvalue weighted by molar-refractivity contribution is 0.332. The third-order valence-electron chi connectivity index (χ3n) is 3.14. The third-order valence-corrected chi connectivity index (χ3v) is 3.14. The summed E-state index contributed by atoms with van der Waals surface area (Å²) in [7, 11) is 0. The molecule has 0 unspecified atom stereocenters. The van der Waals surface area contributed by atoms with Crippen molar-refractivity contribution >= 4 is 0 Å². The number of allylic oxidation sites excluding steroid dienone is 5. The molecule has 1 fully saturated rings. The lowest BCUT2D eigenvalue weighted by Gasteiger charge is -2.33. The molecule has 0 aromatic rings. The number of hydrogen-bond donors (Lipinski definition) is 2. The summed E-state index contributed by atoms with van der Waals surface area (Å²) in [5, 5.41) is 15.8. The maximum Gasteiger partial charge on any atom is 0.127 e. The van der Waals surface area contributed by atoms with Gasteiger partial charge in [0.15, 0.2) is 0 Å². The van der Waals surface area contributed by atoms with E-state index in [1.165, 1.54) is 12.2 Å². The van der Waals surface area contributed by atoms with Crippen LogP contribution in [0, 0.1) is 11.3 Å². The van der Waals surface area contributed by atoms with E-state index in [1.807, 2.05) is 6.08 Å². The van der Waals surface area contributed by atoms with Crippen LogP contribution in [-0.4, -0.2) is 18.6 Å². The van der Waals surface area contributed by atoms with E-state index < -0.39 is 5.54 Å².